The summed E-state index contributed by atoms with van der Waals surface area (Å²) in [5, 5.41) is 2.72. The van der Waals surface area contributed by atoms with E-state index in [-0.39, 0.29) is 11.6 Å². The average Bonchev–Trinajstić information content (AvgIpc) is 2.42. The van der Waals surface area contributed by atoms with Crippen molar-refractivity contribution in [3.63, 3.8) is 0 Å². The Bertz CT molecular complexity index is 592. The minimum Gasteiger partial charge on any atom is -0.495 e. The van der Waals surface area contributed by atoms with Gasteiger partial charge in [0, 0.05) is 6.07 Å². The molecule has 0 spiro atoms. The van der Waals surface area contributed by atoms with E-state index in [1.54, 1.807) is 24.3 Å². The molecule has 5 nitrogen and oxygen atoms in total. The number of methoxy groups -OCH3 is 1. The molecule has 0 aliphatic rings. The van der Waals surface area contributed by atoms with Crippen LogP contribution in [0.15, 0.2) is 30.3 Å². The van der Waals surface area contributed by atoms with Crippen LogP contribution >= 0.6 is 0 Å². The Hall–Kier alpha value is -2.41. The number of halogens is 2. The summed E-state index contributed by atoms with van der Waals surface area (Å²) in [7, 11) is 1.49. The summed E-state index contributed by atoms with van der Waals surface area (Å²) in [4.78, 5) is 3.71. The van der Waals surface area contributed by atoms with Crippen LogP contribution < -0.4 is 21.3 Å². The Balaban J connectivity index is 2.38. The quantitative estimate of drug-likeness (QED) is 0.585. The standard InChI is InChI=1S/C12H12F2N4O/c1-19-10-5-3-2-4-9(10)16-11-7(13)6-8(14)12(17-11)18-15/h2-6H,15H2,1H3,(H2,16,17,18). The number of nitrogens with one attached hydrogen (secondary N) is 2. The van der Waals surface area contributed by atoms with Gasteiger partial charge in [-0.3, -0.25) is 0 Å². The molecular formula is C12H12F2N4O. The third kappa shape index (κ3) is 2.71. The minimum atomic E-state index is -0.870. The molecule has 0 aliphatic heterocycles. The highest BCUT2D eigenvalue weighted by Crippen LogP contribution is 2.28. The van der Waals surface area contributed by atoms with Crippen molar-refractivity contribution in [2.45, 2.75) is 0 Å². The summed E-state index contributed by atoms with van der Waals surface area (Å²) in [5.41, 5.74) is 2.56. The number of nitrogens with two attached hydrogens (primary N) is 1. The molecule has 1 aromatic carbocycles. The third-order valence-corrected chi connectivity index (χ3v) is 2.43. The Labute approximate surface area is 108 Å². The summed E-state index contributed by atoms with van der Waals surface area (Å²) >= 11 is 0. The van der Waals surface area contributed by atoms with Crippen molar-refractivity contribution < 1.29 is 13.5 Å². The predicted octanol–water partition coefficient (Wildman–Crippen LogP) is 2.40. The van der Waals surface area contributed by atoms with Crippen LogP contribution in [0.4, 0.5) is 26.1 Å². The van der Waals surface area contributed by atoms with Crippen molar-refractivity contribution in [3.8, 4) is 5.75 Å². The molecule has 19 heavy (non-hydrogen) atoms. The van der Waals surface area contributed by atoms with Gasteiger partial charge in [0.05, 0.1) is 12.8 Å². The third-order valence-electron chi connectivity index (χ3n) is 2.43. The maximum atomic E-state index is 13.6. The van der Waals surface area contributed by atoms with Crippen molar-refractivity contribution in [2.24, 2.45) is 5.84 Å². The molecule has 100 valence electrons. The van der Waals surface area contributed by atoms with Gasteiger partial charge in [0.1, 0.15) is 5.75 Å². The molecular weight excluding hydrogens is 254 g/mol. The lowest BCUT2D eigenvalue weighted by atomic mass is 10.3. The Morgan fingerprint density at radius 3 is 2.53 bits per heavy atom. The molecule has 1 aromatic heterocycles. The zero-order chi connectivity index (χ0) is 13.8. The van der Waals surface area contributed by atoms with E-state index in [2.05, 4.69) is 15.7 Å². The Morgan fingerprint density at radius 1 is 1.16 bits per heavy atom. The van der Waals surface area contributed by atoms with Crippen LogP contribution in [0.1, 0.15) is 0 Å². The van der Waals surface area contributed by atoms with Gasteiger partial charge in [-0.1, -0.05) is 12.1 Å². The summed E-state index contributed by atoms with van der Waals surface area (Å²) in [6, 6.07) is 7.59. The molecule has 0 radical (unpaired) electrons. The van der Waals surface area contributed by atoms with Crippen molar-refractivity contribution in [2.75, 3.05) is 17.9 Å². The number of anilines is 3. The molecule has 0 amide bonds. The normalized spacial score (nSPS) is 10.1. The van der Waals surface area contributed by atoms with Crippen molar-refractivity contribution in [1.29, 1.82) is 0 Å². The topological polar surface area (TPSA) is 72.2 Å². The number of nitrogens with zero attached hydrogens (tertiary/aromatic N) is 1. The van der Waals surface area contributed by atoms with E-state index in [9.17, 15) is 8.78 Å². The lowest BCUT2D eigenvalue weighted by molar-refractivity contribution is 0.416. The summed E-state index contributed by atoms with van der Waals surface area (Å²) in [6.07, 6.45) is 0. The highest BCUT2D eigenvalue weighted by Gasteiger charge is 2.12. The zero-order valence-corrected chi connectivity index (χ0v) is 10.1. The molecule has 4 N–H and O–H groups in total. The number of nitrogen functional groups attached to an aromatic ring is 1. The van der Waals surface area contributed by atoms with Gasteiger partial charge in [-0.25, -0.2) is 19.6 Å². The molecule has 0 aliphatic carbocycles. The van der Waals surface area contributed by atoms with E-state index >= 15 is 0 Å². The van der Waals surface area contributed by atoms with Crippen LogP contribution in [-0.2, 0) is 0 Å². The fraction of sp³-hybridized carbons (Fsp3) is 0.0833. The van der Waals surface area contributed by atoms with Crippen LogP contribution in [0.25, 0.3) is 0 Å². The van der Waals surface area contributed by atoms with Crippen LogP contribution in [0, 0.1) is 11.6 Å². The van der Waals surface area contributed by atoms with Gasteiger partial charge in [0.25, 0.3) is 0 Å². The first kappa shape index (κ1) is 13.0. The molecule has 2 rings (SSSR count). The maximum Gasteiger partial charge on any atom is 0.178 e. The van der Waals surface area contributed by atoms with Crippen LogP contribution in [0.5, 0.6) is 5.75 Å². The van der Waals surface area contributed by atoms with Gasteiger partial charge in [-0.05, 0) is 12.1 Å². The van der Waals surface area contributed by atoms with E-state index in [1.165, 1.54) is 7.11 Å². The molecule has 0 fully saturated rings. The van der Waals surface area contributed by atoms with Crippen LogP contribution in [0.3, 0.4) is 0 Å². The second-order valence-corrected chi connectivity index (χ2v) is 3.62. The minimum absolute atomic E-state index is 0.154. The van der Waals surface area contributed by atoms with Gasteiger partial charge in [-0.2, -0.15) is 0 Å². The Morgan fingerprint density at radius 2 is 1.84 bits per heavy atom. The lowest BCUT2D eigenvalue weighted by Crippen LogP contribution is -2.12. The maximum absolute atomic E-state index is 13.6. The fourth-order valence-electron chi connectivity index (χ4n) is 1.53. The number of hydrogen-bond donors (Lipinski definition) is 3. The largest absolute Gasteiger partial charge is 0.495 e. The second kappa shape index (κ2) is 5.49. The first-order valence-corrected chi connectivity index (χ1v) is 5.38. The number of benzene rings is 1. The number of ether oxygens (including phenoxy) is 1. The molecule has 0 atom stereocenters. The molecule has 0 bridgehead atoms. The van der Waals surface area contributed by atoms with Crippen LogP contribution in [-0.4, -0.2) is 12.1 Å². The number of aromatic nitrogens is 1. The van der Waals surface area contributed by atoms with E-state index in [0.717, 1.165) is 0 Å². The lowest BCUT2D eigenvalue weighted by Gasteiger charge is -2.12. The van der Waals surface area contributed by atoms with Gasteiger partial charge in [0.15, 0.2) is 23.3 Å². The predicted molar refractivity (Wildman–Crippen MR) is 68.2 cm³/mol. The van der Waals surface area contributed by atoms with E-state index < -0.39 is 11.6 Å². The molecule has 0 unspecified atom stereocenters. The smallest absolute Gasteiger partial charge is 0.178 e. The van der Waals surface area contributed by atoms with Crippen LogP contribution in [0.2, 0.25) is 0 Å². The van der Waals surface area contributed by atoms with Crippen molar-refractivity contribution in [3.05, 3.63) is 42.0 Å². The highest BCUT2D eigenvalue weighted by molar-refractivity contribution is 5.65. The molecule has 1 heterocycles. The zero-order valence-electron chi connectivity index (χ0n) is 10.1. The monoisotopic (exact) mass is 266 g/mol. The average molecular weight is 266 g/mol. The Kier molecular flexibility index (Phi) is 3.76. The number of rotatable bonds is 4. The first-order valence-electron chi connectivity index (χ1n) is 5.38. The summed E-state index contributed by atoms with van der Waals surface area (Å²) in [5.74, 6) is 3.50. The van der Waals surface area contributed by atoms with E-state index in [0.29, 0.717) is 17.5 Å². The fourth-order valence-corrected chi connectivity index (χ4v) is 1.53. The van der Waals surface area contributed by atoms with Crippen molar-refractivity contribution in [1.82, 2.24) is 4.98 Å². The number of hydrazine groups is 1. The van der Waals surface area contributed by atoms with Crippen molar-refractivity contribution >= 4 is 17.3 Å². The summed E-state index contributed by atoms with van der Waals surface area (Å²) in [6.45, 7) is 0. The summed E-state index contributed by atoms with van der Waals surface area (Å²) < 4.78 is 31.9. The van der Waals surface area contributed by atoms with Gasteiger partial charge in [0.2, 0.25) is 0 Å². The van der Waals surface area contributed by atoms with Gasteiger partial charge >= 0.3 is 0 Å². The molecule has 2 aromatic rings. The number of para-hydroxylation sites is 2. The molecule has 0 saturated heterocycles. The highest BCUT2D eigenvalue weighted by atomic mass is 19.1. The second-order valence-electron chi connectivity index (χ2n) is 3.62. The first-order chi connectivity index (χ1) is 9.15. The van der Waals surface area contributed by atoms with E-state index in [4.69, 9.17) is 10.6 Å². The van der Waals surface area contributed by atoms with Gasteiger partial charge < -0.3 is 15.5 Å². The molecule has 7 heteroatoms. The SMILES string of the molecule is COc1ccccc1Nc1nc(NN)c(F)cc1F. The molecule has 0 saturated carbocycles. The number of hydrogen-bond acceptors (Lipinski definition) is 5. The van der Waals surface area contributed by atoms with Gasteiger partial charge in [-0.15, -0.1) is 0 Å². The number of pyridine rings is 1. The van der Waals surface area contributed by atoms with E-state index in [1.807, 2.05) is 0 Å².